The minimum atomic E-state index is -2.98. The summed E-state index contributed by atoms with van der Waals surface area (Å²) in [5.74, 6) is 0.280. The van der Waals surface area contributed by atoms with Gasteiger partial charge in [-0.3, -0.25) is 4.79 Å². The fourth-order valence-electron chi connectivity index (χ4n) is 2.72. The zero-order valence-electron chi connectivity index (χ0n) is 11.8. The molecule has 0 amide bonds. The summed E-state index contributed by atoms with van der Waals surface area (Å²) in [5.41, 5.74) is 0.637. The van der Waals surface area contributed by atoms with Crippen LogP contribution >= 0.6 is 11.6 Å². The number of pyridine rings is 1. The van der Waals surface area contributed by atoms with E-state index in [9.17, 15) is 13.2 Å². The molecule has 0 atom stereocenters. The molecule has 1 aliphatic rings. The third-order valence-corrected chi connectivity index (χ3v) is 5.92. The zero-order chi connectivity index (χ0) is 15.9. The molecule has 0 bridgehead atoms. The van der Waals surface area contributed by atoms with Crippen LogP contribution in [0.1, 0.15) is 24.3 Å². The van der Waals surface area contributed by atoms with E-state index in [-0.39, 0.29) is 34.0 Å². The van der Waals surface area contributed by atoms with Crippen molar-refractivity contribution < 1.29 is 13.2 Å². The van der Waals surface area contributed by atoms with Crippen molar-refractivity contribution >= 4 is 32.3 Å². The largest absolute Gasteiger partial charge is 0.478 e. The molecule has 0 saturated carbocycles. The number of halogens is 1. The summed E-state index contributed by atoms with van der Waals surface area (Å²) in [7, 11) is -1.55. The highest BCUT2D eigenvalue weighted by Gasteiger charge is 2.27. The van der Waals surface area contributed by atoms with Crippen molar-refractivity contribution in [2.45, 2.75) is 18.8 Å². The molecule has 1 saturated heterocycles. The normalized spacial score (nSPS) is 18.5. The fraction of sp³-hybridized carbons (Fsp3) is 0.462. The molecule has 3 heterocycles. The standard InChI is InChI=1S/C13H14ClN3O4S/c1-21-13-10-9(11(14)16-17-13)6-8(12(18)15-10)7-2-4-22(19,20)5-3-7/h6-7H,2-5H2,1H3,(H,15,18). The van der Waals surface area contributed by atoms with Gasteiger partial charge in [-0.05, 0) is 24.8 Å². The van der Waals surface area contributed by atoms with E-state index >= 15 is 0 Å². The third kappa shape index (κ3) is 2.68. The van der Waals surface area contributed by atoms with Gasteiger partial charge in [-0.2, -0.15) is 0 Å². The first-order valence-corrected chi connectivity index (χ1v) is 8.95. The molecule has 3 rings (SSSR count). The van der Waals surface area contributed by atoms with Crippen LogP contribution in [-0.2, 0) is 9.84 Å². The molecule has 1 aliphatic heterocycles. The van der Waals surface area contributed by atoms with Crippen molar-refractivity contribution in [3.05, 3.63) is 27.1 Å². The Morgan fingerprint density at radius 2 is 2.00 bits per heavy atom. The molecule has 2 aromatic rings. The Balaban J connectivity index is 2.10. The highest BCUT2D eigenvalue weighted by molar-refractivity contribution is 7.91. The minimum absolute atomic E-state index is 0.0980. The molecule has 9 heteroatoms. The van der Waals surface area contributed by atoms with Gasteiger partial charge in [0.15, 0.2) is 5.15 Å². The molecule has 0 aromatic carbocycles. The number of H-pyrrole nitrogens is 1. The summed E-state index contributed by atoms with van der Waals surface area (Å²) >= 11 is 6.05. The van der Waals surface area contributed by atoms with E-state index in [1.165, 1.54) is 7.11 Å². The summed E-state index contributed by atoms with van der Waals surface area (Å²) in [4.78, 5) is 15.0. The van der Waals surface area contributed by atoms with Gasteiger partial charge in [-0.15, -0.1) is 10.2 Å². The number of hydrogen-bond donors (Lipinski definition) is 1. The molecular formula is C13H14ClN3O4S. The molecule has 1 N–H and O–H groups in total. The average Bonchev–Trinajstić information content (AvgIpc) is 2.48. The molecule has 0 unspecified atom stereocenters. The van der Waals surface area contributed by atoms with E-state index < -0.39 is 9.84 Å². The molecule has 2 aromatic heterocycles. The number of aromatic amines is 1. The lowest BCUT2D eigenvalue weighted by Crippen LogP contribution is -2.26. The van der Waals surface area contributed by atoms with Crippen LogP contribution in [0.15, 0.2) is 10.9 Å². The lowest BCUT2D eigenvalue weighted by molar-refractivity contribution is 0.396. The Kier molecular flexibility index (Phi) is 3.82. The van der Waals surface area contributed by atoms with Crippen LogP contribution in [0.5, 0.6) is 5.88 Å². The summed E-state index contributed by atoms with van der Waals surface area (Å²) in [6.07, 6.45) is 0.869. The van der Waals surface area contributed by atoms with Gasteiger partial charge in [-0.1, -0.05) is 11.6 Å². The Labute approximate surface area is 131 Å². The van der Waals surface area contributed by atoms with E-state index in [2.05, 4.69) is 15.2 Å². The van der Waals surface area contributed by atoms with Crippen LogP contribution in [-0.4, -0.2) is 42.2 Å². The summed E-state index contributed by atoms with van der Waals surface area (Å²) in [6.45, 7) is 0. The molecule has 1 fully saturated rings. The number of methoxy groups -OCH3 is 1. The maximum atomic E-state index is 12.3. The lowest BCUT2D eigenvalue weighted by atomic mass is 9.94. The first-order chi connectivity index (χ1) is 10.4. The van der Waals surface area contributed by atoms with Gasteiger partial charge < -0.3 is 9.72 Å². The highest BCUT2D eigenvalue weighted by atomic mass is 35.5. The smallest absolute Gasteiger partial charge is 0.258 e. The van der Waals surface area contributed by atoms with Gasteiger partial charge in [-0.25, -0.2) is 8.42 Å². The Bertz CT molecular complexity index is 880. The molecule has 118 valence electrons. The topological polar surface area (TPSA) is 102 Å². The van der Waals surface area contributed by atoms with E-state index in [1.807, 2.05) is 0 Å². The number of hydrogen-bond acceptors (Lipinski definition) is 6. The summed E-state index contributed by atoms with van der Waals surface area (Å²) in [6, 6.07) is 1.66. The molecule has 0 aliphatic carbocycles. The molecule has 0 spiro atoms. The van der Waals surface area contributed by atoms with E-state index in [0.29, 0.717) is 29.3 Å². The number of fused-ring (bicyclic) bond motifs is 1. The number of nitrogens with one attached hydrogen (secondary N) is 1. The van der Waals surface area contributed by atoms with Crippen molar-refractivity contribution in [1.82, 2.24) is 15.2 Å². The first kappa shape index (κ1) is 15.2. The highest BCUT2D eigenvalue weighted by Crippen LogP contribution is 2.31. The first-order valence-electron chi connectivity index (χ1n) is 6.75. The molecular weight excluding hydrogens is 330 g/mol. The number of nitrogens with zero attached hydrogens (tertiary/aromatic N) is 2. The van der Waals surface area contributed by atoms with Crippen LogP contribution in [0.25, 0.3) is 10.9 Å². The second-order valence-corrected chi connectivity index (χ2v) is 7.93. The van der Waals surface area contributed by atoms with Crippen molar-refractivity contribution in [2.24, 2.45) is 0 Å². The van der Waals surface area contributed by atoms with Crippen LogP contribution in [0.4, 0.5) is 0 Å². The van der Waals surface area contributed by atoms with Crippen molar-refractivity contribution in [3.8, 4) is 5.88 Å². The van der Waals surface area contributed by atoms with Gasteiger partial charge in [0.05, 0.1) is 18.6 Å². The van der Waals surface area contributed by atoms with Crippen LogP contribution in [0, 0.1) is 0 Å². The maximum Gasteiger partial charge on any atom is 0.258 e. The monoisotopic (exact) mass is 343 g/mol. The number of sulfone groups is 1. The van der Waals surface area contributed by atoms with Crippen molar-refractivity contribution in [2.75, 3.05) is 18.6 Å². The van der Waals surface area contributed by atoms with Crippen molar-refractivity contribution in [3.63, 3.8) is 0 Å². The van der Waals surface area contributed by atoms with E-state index in [4.69, 9.17) is 16.3 Å². The number of ether oxygens (including phenoxy) is 1. The number of aromatic nitrogens is 3. The van der Waals surface area contributed by atoms with Crippen LogP contribution in [0.2, 0.25) is 5.15 Å². The molecule has 0 radical (unpaired) electrons. The van der Waals surface area contributed by atoms with Crippen LogP contribution < -0.4 is 10.3 Å². The molecule has 22 heavy (non-hydrogen) atoms. The summed E-state index contributed by atoms with van der Waals surface area (Å²) in [5, 5.41) is 8.27. The van der Waals surface area contributed by atoms with Gasteiger partial charge in [0.2, 0.25) is 0 Å². The van der Waals surface area contributed by atoms with Gasteiger partial charge in [0.1, 0.15) is 15.4 Å². The average molecular weight is 344 g/mol. The third-order valence-electron chi connectivity index (χ3n) is 3.92. The fourth-order valence-corrected chi connectivity index (χ4v) is 4.40. The second kappa shape index (κ2) is 5.51. The minimum Gasteiger partial charge on any atom is -0.478 e. The Morgan fingerprint density at radius 3 is 2.64 bits per heavy atom. The zero-order valence-corrected chi connectivity index (χ0v) is 13.4. The maximum absolute atomic E-state index is 12.3. The van der Waals surface area contributed by atoms with Crippen molar-refractivity contribution in [1.29, 1.82) is 0 Å². The van der Waals surface area contributed by atoms with Gasteiger partial charge >= 0.3 is 0 Å². The van der Waals surface area contributed by atoms with Gasteiger partial charge in [0.25, 0.3) is 11.4 Å². The predicted molar refractivity (Wildman–Crippen MR) is 82.3 cm³/mol. The van der Waals surface area contributed by atoms with E-state index in [0.717, 1.165) is 0 Å². The number of rotatable bonds is 2. The quantitative estimate of drug-likeness (QED) is 0.881. The lowest BCUT2D eigenvalue weighted by Gasteiger charge is -2.21. The Hall–Kier alpha value is -1.67. The summed E-state index contributed by atoms with van der Waals surface area (Å²) < 4.78 is 28.1. The Morgan fingerprint density at radius 1 is 1.32 bits per heavy atom. The SMILES string of the molecule is COc1nnc(Cl)c2cc(C3CCS(=O)(=O)CC3)c(=O)[nH]c12. The predicted octanol–water partition coefficient (Wildman–Crippen LogP) is 1.27. The van der Waals surface area contributed by atoms with Gasteiger partial charge in [0, 0.05) is 10.9 Å². The second-order valence-electron chi connectivity index (χ2n) is 5.27. The van der Waals surface area contributed by atoms with Crippen LogP contribution in [0.3, 0.4) is 0 Å². The van der Waals surface area contributed by atoms with E-state index in [1.54, 1.807) is 6.07 Å². The molecule has 7 nitrogen and oxygen atoms in total.